The highest BCUT2D eigenvalue weighted by molar-refractivity contribution is 6.14. The van der Waals surface area contributed by atoms with Crippen molar-refractivity contribution in [1.82, 2.24) is 24.1 Å². The van der Waals surface area contributed by atoms with E-state index >= 15 is 0 Å². The third kappa shape index (κ3) is 5.99. The summed E-state index contributed by atoms with van der Waals surface area (Å²) in [5, 5.41) is 6.96. The quantitative estimate of drug-likeness (QED) is 0.167. The molecule has 6 nitrogen and oxygen atoms in total. The van der Waals surface area contributed by atoms with Gasteiger partial charge in [-0.2, -0.15) is 9.97 Å². The van der Waals surface area contributed by atoms with Crippen LogP contribution in [0.5, 0.6) is 0 Å². The smallest absolute Gasteiger partial charge is 0.238 e. The molecule has 0 aliphatic heterocycles. The number of benzene rings is 10. The van der Waals surface area contributed by atoms with Crippen LogP contribution in [0.15, 0.2) is 229 Å². The van der Waals surface area contributed by atoms with E-state index in [4.69, 9.17) is 19.4 Å². The Kier molecular flexibility index (Phi) is 8.61. The number of nitrogens with zero attached hydrogens (tertiary/aromatic N) is 5. The van der Waals surface area contributed by atoms with Crippen molar-refractivity contribution in [2.75, 3.05) is 0 Å². The summed E-state index contributed by atoms with van der Waals surface area (Å²) in [6.07, 6.45) is 0. The van der Waals surface area contributed by atoms with Gasteiger partial charge in [-0.15, -0.1) is 0 Å². The van der Waals surface area contributed by atoms with E-state index in [0.717, 1.165) is 93.8 Å². The minimum Gasteiger partial charge on any atom is -0.455 e. The second kappa shape index (κ2) is 15.3. The first-order valence-corrected chi connectivity index (χ1v) is 24.6. The lowest BCUT2D eigenvalue weighted by Crippen LogP contribution is -2.15. The van der Waals surface area contributed by atoms with Crippen LogP contribution in [0, 0.1) is 0 Å². The van der Waals surface area contributed by atoms with E-state index in [1.54, 1.807) is 0 Å². The van der Waals surface area contributed by atoms with Gasteiger partial charge in [-0.3, -0.25) is 4.57 Å². The molecule has 0 saturated heterocycles. The van der Waals surface area contributed by atoms with Gasteiger partial charge >= 0.3 is 0 Å². The third-order valence-electron chi connectivity index (χ3n) is 15.2. The lowest BCUT2D eigenvalue weighted by Gasteiger charge is -2.21. The van der Waals surface area contributed by atoms with Gasteiger partial charge in [-0.1, -0.05) is 178 Å². The Bertz CT molecular complexity index is 4460. The van der Waals surface area contributed by atoms with Crippen molar-refractivity contribution in [3.63, 3.8) is 0 Å². The maximum atomic E-state index is 6.43. The Morgan fingerprint density at radius 2 is 0.903 bits per heavy atom. The van der Waals surface area contributed by atoms with Gasteiger partial charge in [-0.25, -0.2) is 4.98 Å². The number of hydrogen-bond donors (Lipinski definition) is 0. The average molecular weight is 922 g/mol. The molecule has 4 aromatic heterocycles. The third-order valence-corrected chi connectivity index (χ3v) is 15.2. The van der Waals surface area contributed by atoms with Gasteiger partial charge in [0.2, 0.25) is 5.95 Å². The highest BCUT2D eigenvalue weighted by Gasteiger charge is 2.36. The van der Waals surface area contributed by atoms with Crippen molar-refractivity contribution < 1.29 is 4.42 Å². The largest absolute Gasteiger partial charge is 0.455 e. The van der Waals surface area contributed by atoms with Gasteiger partial charge in [0.05, 0.1) is 22.1 Å². The van der Waals surface area contributed by atoms with Gasteiger partial charge in [0.1, 0.15) is 11.2 Å². The lowest BCUT2D eigenvalue weighted by atomic mass is 9.82. The minimum atomic E-state index is -0.198. The molecule has 0 atom stereocenters. The number of para-hydroxylation sites is 3. The molecular formula is C66H43N5O. The zero-order valence-electron chi connectivity index (χ0n) is 39.5. The van der Waals surface area contributed by atoms with Crippen molar-refractivity contribution in [2.45, 2.75) is 19.3 Å². The summed E-state index contributed by atoms with van der Waals surface area (Å²) in [6.45, 7) is 4.68. The van der Waals surface area contributed by atoms with Gasteiger partial charge in [-0.05, 0) is 99.6 Å². The summed E-state index contributed by atoms with van der Waals surface area (Å²) in [5.41, 5.74) is 18.7. The number of furan rings is 1. The molecule has 0 radical (unpaired) electrons. The van der Waals surface area contributed by atoms with Crippen molar-refractivity contribution in [3.8, 4) is 67.8 Å². The van der Waals surface area contributed by atoms with Crippen LogP contribution in [0.1, 0.15) is 25.0 Å². The summed E-state index contributed by atoms with van der Waals surface area (Å²) in [5.74, 6) is 1.84. The van der Waals surface area contributed by atoms with Gasteiger partial charge in [0, 0.05) is 60.1 Å². The molecule has 14 aromatic rings. The molecule has 338 valence electrons. The standard InChI is InChI=1S/C66H43N5O/c1-66(2)55-25-12-9-20-47(55)51-38-54-53-37-44(31-35-59(53)71(60(54)39-56(51)66)65-68-63(41-16-5-3-6-17-41)67-64(69-65)42-18-7-4-8-19-42)43-30-34-58-52(36-43)48-21-10-13-26-57(48)70(58)45-32-28-40(29-33-45)46-23-15-24-50-49-22-11-14-27-61(49)72-62(46)50/h3-39H,1-2H3. The molecule has 10 aromatic carbocycles. The van der Waals surface area contributed by atoms with Crippen LogP contribution in [0.2, 0.25) is 0 Å². The average Bonchev–Trinajstić information content (AvgIpc) is 4.15. The normalized spacial score (nSPS) is 13.0. The highest BCUT2D eigenvalue weighted by atomic mass is 16.3. The molecule has 0 bridgehead atoms. The van der Waals surface area contributed by atoms with Crippen molar-refractivity contribution in [3.05, 3.63) is 236 Å². The first-order valence-electron chi connectivity index (χ1n) is 24.6. The SMILES string of the molecule is CC1(C)c2ccccc2-c2cc3c4cc(-c5ccc6c(c5)c5ccccc5n6-c5ccc(-c6cccc7c6oc6ccccc67)cc5)ccc4n(-c4nc(-c5ccccc5)nc(-c5ccccc5)n4)c3cc21. The van der Waals surface area contributed by atoms with Crippen LogP contribution in [-0.4, -0.2) is 24.1 Å². The molecule has 1 aliphatic carbocycles. The van der Waals surface area contributed by atoms with E-state index in [1.165, 1.54) is 33.0 Å². The zero-order chi connectivity index (χ0) is 47.7. The minimum absolute atomic E-state index is 0.198. The van der Waals surface area contributed by atoms with E-state index in [2.05, 4.69) is 199 Å². The van der Waals surface area contributed by atoms with Crippen LogP contribution in [0.4, 0.5) is 0 Å². The summed E-state index contributed by atoms with van der Waals surface area (Å²) in [6, 6.07) is 80.2. The Morgan fingerprint density at radius 1 is 0.347 bits per heavy atom. The first kappa shape index (κ1) is 40.5. The fraction of sp³-hybridized carbons (Fsp3) is 0.0455. The van der Waals surface area contributed by atoms with E-state index in [-0.39, 0.29) is 5.41 Å². The molecule has 0 fully saturated rings. The van der Waals surface area contributed by atoms with E-state index in [9.17, 15) is 0 Å². The summed E-state index contributed by atoms with van der Waals surface area (Å²) < 4.78 is 11.1. The fourth-order valence-corrected chi connectivity index (χ4v) is 11.7. The molecule has 15 rings (SSSR count). The Labute approximate surface area is 414 Å². The maximum Gasteiger partial charge on any atom is 0.238 e. The van der Waals surface area contributed by atoms with E-state index in [1.807, 2.05) is 48.5 Å². The monoisotopic (exact) mass is 921 g/mol. The highest BCUT2D eigenvalue weighted by Crippen LogP contribution is 2.51. The predicted molar refractivity (Wildman–Crippen MR) is 295 cm³/mol. The number of fused-ring (bicyclic) bond motifs is 12. The topological polar surface area (TPSA) is 61.7 Å². The van der Waals surface area contributed by atoms with Crippen LogP contribution >= 0.6 is 0 Å². The first-order chi connectivity index (χ1) is 35.4. The van der Waals surface area contributed by atoms with Gasteiger partial charge in [0.15, 0.2) is 11.6 Å². The molecule has 0 N–H and O–H groups in total. The van der Waals surface area contributed by atoms with Crippen molar-refractivity contribution in [2.24, 2.45) is 0 Å². The van der Waals surface area contributed by atoms with E-state index < -0.39 is 0 Å². The predicted octanol–water partition coefficient (Wildman–Crippen LogP) is 16.9. The Balaban J connectivity index is 0.901. The molecule has 0 amide bonds. The molecule has 0 spiro atoms. The van der Waals surface area contributed by atoms with Gasteiger partial charge < -0.3 is 8.98 Å². The molecule has 0 saturated carbocycles. The lowest BCUT2D eigenvalue weighted by molar-refractivity contribution is 0.661. The van der Waals surface area contributed by atoms with Crippen LogP contribution in [0.3, 0.4) is 0 Å². The Morgan fingerprint density at radius 3 is 1.64 bits per heavy atom. The second-order valence-electron chi connectivity index (χ2n) is 19.6. The van der Waals surface area contributed by atoms with Crippen LogP contribution in [0.25, 0.3) is 133 Å². The number of rotatable bonds is 6. The maximum absolute atomic E-state index is 6.43. The number of aromatic nitrogens is 5. The van der Waals surface area contributed by atoms with Gasteiger partial charge in [0.25, 0.3) is 0 Å². The summed E-state index contributed by atoms with van der Waals surface area (Å²) in [7, 11) is 0. The molecule has 72 heavy (non-hydrogen) atoms. The zero-order valence-corrected chi connectivity index (χ0v) is 39.5. The molecule has 0 unspecified atom stereocenters. The Hall–Kier alpha value is -9.39. The van der Waals surface area contributed by atoms with Crippen LogP contribution < -0.4 is 0 Å². The van der Waals surface area contributed by atoms with Crippen molar-refractivity contribution >= 4 is 65.6 Å². The summed E-state index contributed by atoms with van der Waals surface area (Å²) >= 11 is 0. The molecular weight excluding hydrogens is 879 g/mol. The molecule has 6 heteroatoms. The van der Waals surface area contributed by atoms with Crippen molar-refractivity contribution in [1.29, 1.82) is 0 Å². The van der Waals surface area contributed by atoms with E-state index in [0.29, 0.717) is 17.6 Å². The summed E-state index contributed by atoms with van der Waals surface area (Å²) in [4.78, 5) is 15.6. The molecule has 4 heterocycles. The number of hydrogen-bond acceptors (Lipinski definition) is 4. The fourth-order valence-electron chi connectivity index (χ4n) is 11.7. The van der Waals surface area contributed by atoms with Crippen LogP contribution in [-0.2, 0) is 5.41 Å². The molecule has 1 aliphatic rings. The second-order valence-corrected chi connectivity index (χ2v) is 19.6.